The third-order valence-corrected chi connectivity index (χ3v) is 10.6. The lowest BCUT2D eigenvalue weighted by Gasteiger charge is -2.62. The van der Waals surface area contributed by atoms with E-state index >= 15 is 0 Å². The van der Waals surface area contributed by atoms with E-state index in [4.69, 9.17) is 5.11 Å². The maximum atomic E-state index is 12.2. The van der Waals surface area contributed by atoms with Crippen molar-refractivity contribution in [2.45, 2.75) is 97.0 Å². The zero-order chi connectivity index (χ0) is 22.4. The number of carboxylic acids is 1. The molecule has 5 heteroatoms. The molecule has 1 amide bonds. The minimum absolute atomic E-state index is 0.0188. The van der Waals surface area contributed by atoms with Crippen LogP contribution in [0.15, 0.2) is 0 Å². The summed E-state index contributed by atoms with van der Waals surface area (Å²) in [5.41, 5.74) is 0.414. The Morgan fingerprint density at radius 2 is 1.81 bits per heavy atom. The molecule has 8 unspecified atom stereocenters. The Balaban J connectivity index is 1.41. The molecule has 4 aliphatic carbocycles. The fourth-order valence-corrected chi connectivity index (χ4v) is 8.83. The number of carbonyl (C=O) groups excluding carboxylic acids is 1. The smallest absolute Gasteiger partial charge is 0.323 e. The first-order chi connectivity index (χ1) is 14.7. The fraction of sp³-hybridized carbons (Fsp3) is 0.923. The number of fused-ring (bicyclic) bond motifs is 5. The van der Waals surface area contributed by atoms with Crippen LogP contribution in [0.1, 0.15) is 90.9 Å². The summed E-state index contributed by atoms with van der Waals surface area (Å²) in [4.78, 5) is 24.4. The van der Waals surface area contributed by atoms with Gasteiger partial charge in [0.25, 0.3) is 0 Å². The molecule has 0 spiro atoms. The number of likely N-dealkylation sites (N-methyl/N-ethyl adjacent to an activating group) is 1. The quantitative estimate of drug-likeness (QED) is 0.635. The first-order valence-electron chi connectivity index (χ1n) is 12.8. The minimum Gasteiger partial charge on any atom is -0.480 e. The standard InChI is InChI=1S/C26H43NO4/c1-25-14-5-4-7-17(25)10-12-19-20-13-11-18(26(20,2)22(28)15-21(19)25)8-6-9-23(29)27(3)16-24(30)31/h17-22,28H,4-16H2,1-3H3,(H,30,31). The lowest BCUT2D eigenvalue weighted by Crippen LogP contribution is -2.57. The molecule has 4 aliphatic rings. The lowest BCUT2D eigenvalue weighted by molar-refractivity contribution is -0.164. The van der Waals surface area contributed by atoms with Gasteiger partial charge in [0.05, 0.1) is 6.10 Å². The van der Waals surface area contributed by atoms with E-state index in [1.165, 1.54) is 56.3 Å². The van der Waals surface area contributed by atoms with Crippen LogP contribution in [-0.4, -0.2) is 46.7 Å². The number of carboxylic acid groups (broad SMARTS) is 1. The minimum atomic E-state index is -0.969. The van der Waals surface area contributed by atoms with E-state index < -0.39 is 5.97 Å². The van der Waals surface area contributed by atoms with Crippen molar-refractivity contribution < 1.29 is 19.8 Å². The molecular formula is C26H43NO4. The summed E-state index contributed by atoms with van der Waals surface area (Å²) in [6, 6.07) is 0. The summed E-state index contributed by atoms with van der Waals surface area (Å²) < 4.78 is 0. The molecule has 5 nitrogen and oxygen atoms in total. The second-order valence-corrected chi connectivity index (χ2v) is 11.8. The van der Waals surface area contributed by atoms with E-state index in [2.05, 4.69) is 13.8 Å². The highest BCUT2D eigenvalue weighted by molar-refractivity contribution is 5.80. The highest BCUT2D eigenvalue weighted by Crippen LogP contribution is 2.67. The number of rotatable bonds is 6. The van der Waals surface area contributed by atoms with Crippen LogP contribution in [0.2, 0.25) is 0 Å². The van der Waals surface area contributed by atoms with Gasteiger partial charge in [-0.2, -0.15) is 0 Å². The molecule has 0 radical (unpaired) electrons. The largest absolute Gasteiger partial charge is 0.480 e. The second-order valence-electron chi connectivity index (χ2n) is 11.8. The Morgan fingerprint density at radius 1 is 1.03 bits per heavy atom. The number of amides is 1. The SMILES string of the molecule is CN(CC(=O)O)C(=O)CCCC1CCC2C3CCC4CCCCC4(C)C3CC(O)C12C. The maximum absolute atomic E-state index is 12.2. The van der Waals surface area contributed by atoms with Crippen molar-refractivity contribution in [2.75, 3.05) is 13.6 Å². The Bertz CT molecular complexity index is 695. The Labute approximate surface area is 188 Å². The van der Waals surface area contributed by atoms with Crippen molar-refractivity contribution in [1.82, 2.24) is 4.90 Å². The van der Waals surface area contributed by atoms with Crippen LogP contribution in [0, 0.1) is 40.4 Å². The second kappa shape index (κ2) is 8.68. The summed E-state index contributed by atoms with van der Waals surface area (Å²) in [6.07, 6.45) is 13.5. The summed E-state index contributed by atoms with van der Waals surface area (Å²) in [5, 5.41) is 20.4. The zero-order valence-electron chi connectivity index (χ0n) is 19.8. The van der Waals surface area contributed by atoms with Crippen LogP contribution in [0.4, 0.5) is 0 Å². The van der Waals surface area contributed by atoms with Crippen LogP contribution in [0.5, 0.6) is 0 Å². The average Bonchev–Trinajstić information content (AvgIpc) is 3.06. The van der Waals surface area contributed by atoms with E-state index in [0.29, 0.717) is 29.6 Å². The van der Waals surface area contributed by atoms with Gasteiger partial charge in [-0.1, -0.05) is 26.7 Å². The number of hydrogen-bond donors (Lipinski definition) is 2. The molecule has 8 atom stereocenters. The highest BCUT2D eigenvalue weighted by atomic mass is 16.4. The highest BCUT2D eigenvalue weighted by Gasteiger charge is 2.62. The molecule has 0 bridgehead atoms. The summed E-state index contributed by atoms with van der Waals surface area (Å²) in [5.74, 6) is 2.35. The Kier molecular flexibility index (Phi) is 6.46. The molecule has 0 saturated heterocycles. The van der Waals surface area contributed by atoms with Gasteiger partial charge in [0.2, 0.25) is 5.91 Å². The van der Waals surface area contributed by atoms with Crippen molar-refractivity contribution >= 4 is 11.9 Å². The molecule has 4 fully saturated rings. The lowest BCUT2D eigenvalue weighted by atomic mass is 9.44. The molecule has 0 aromatic carbocycles. The van der Waals surface area contributed by atoms with Gasteiger partial charge in [0.1, 0.15) is 6.54 Å². The number of aliphatic hydroxyl groups is 1. The predicted octanol–water partition coefficient (Wildman–Crippen LogP) is 4.72. The monoisotopic (exact) mass is 433 g/mol. The van der Waals surface area contributed by atoms with Crippen molar-refractivity contribution in [3.05, 3.63) is 0 Å². The number of nitrogens with zero attached hydrogens (tertiary/aromatic N) is 1. The van der Waals surface area contributed by atoms with Gasteiger partial charge in [-0.05, 0) is 98.2 Å². The van der Waals surface area contributed by atoms with Gasteiger partial charge in [-0.3, -0.25) is 9.59 Å². The van der Waals surface area contributed by atoms with Gasteiger partial charge < -0.3 is 15.1 Å². The molecule has 4 saturated carbocycles. The maximum Gasteiger partial charge on any atom is 0.323 e. The van der Waals surface area contributed by atoms with Gasteiger partial charge in [-0.15, -0.1) is 0 Å². The first-order valence-corrected chi connectivity index (χ1v) is 12.8. The number of aliphatic carboxylic acids is 1. The molecule has 0 heterocycles. The van der Waals surface area contributed by atoms with Crippen molar-refractivity contribution in [2.24, 2.45) is 40.4 Å². The van der Waals surface area contributed by atoms with E-state index in [0.717, 1.165) is 31.1 Å². The van der Waals surface area contributed by atoms with Crippen molar-refractivity contribution in [3.8, 4) is 0 Å². The molecule has 2 N–H and O–H groups in total. The van der Waals surface area contributed by atoms with E-state index in [1.54, 1.807) is 7.05 Å². The molecule has 0 aromatic heterocycles. The number of aliphatic hydroxyl groups excluding tert-OH is 1. The van der Waals surface area contributed by atoms with E-state index in [-0.39, 0.29) is 24.0 Å². The zero-order valence-corrected chi connectivity index (χ0v) is 19.8. The molecule has 4 rings (SSSR count). The molecule has 0 aromatic rings. The van der Waals surface area contributed by atoms with Crippen molar-refractivity contribution in [1.29, 1.82) is 0 Å². The van der Waals surface area contributed by atoms with Gasteiger partial charge in [0, 0.05) is 13.5 Å². The van der Waals surface area contributed by atoms with Crippen LogP contribution >= 0.6 is 0 Å². The molecule has 176 valence electrons. The average molecular weight is 434 g/mol. The van der Waals surface area contributed by atoms with E-state index in [1.807, 2.05) is 0 Å². The number of carbonyl (C=O) groups is 2. The topological polar surface area (TPSA) is 77.8 Å². The van der Waals surface area contributed by atoms with Crippen molar-refractivity contribution in [3.63, 3.8) is 0 Å². The van der Waals surface area contributed by atoms with Crippen LogP contribution in [-0.2, 0) is 9.59 Å². The Hall–Kier alpha value is -1.10. The number of hydrogen-bond acceptors (Lipinski definition) is 3. The third kappa shape index (κ3) is 3.94. The fourth-order valence-electron chi connectivity index (χ4n) is 8.83. The summed E-state index contributed by atoms with van der Waals surface area (Å²) in [7, 11) is 1.57. The normalized spacial score (nSPS) is 44.1. The summed E-state index contributed by atoms with van der Waals surface area (Å²) in [6.45, 7) is 4.67. The first kappa shape index (κ1) is 23.1. The van der Waals surface area contributed by atoms with E-state index in [9.17, 15) is 14.7 Å². The Morgan fingerprint density at radius 3 is 2.55 bits per heavy atom. The molecule has 0 aliphatic heterocycles. The predicted molar refractivity (Wildman–Crippen MR) is 120 cm³/mol. The molecular weight excluding hydrogens is 390 g/mol. The van der Waals surface area contributed by atoms with Crippen LogP contribution in [0.3, 0.4) is 0 Å². The molecule has 31 heavy (non-hydrogen) atoms. The summed E-state index contributed by atoms with van der Waals surface area (Å²) >= 11 is 0. The van der Waals surface area contributed by atoms with Gasteiger partial charge >= 0.3 is 5.97 Å². The van der Waals surface area contributed by atoms with Gasteiger partial charge in [-0.25, -0.2) is 0 Å². The van der Waals surface area contributed by atoms with Gasteiger partial charge in [0.15, 0.2) is 0 Å². The van der Waals surface area contributed by atoms with Crippen LogP contribution in [0.25, 0.3) is 0 Å². The van der Waals surface area contributed by atoms with Crippen LogP contribution < -0.4 is 0 Å². The third-order valence-electron chi connectivity index (χ3n) is 10.6.